The van der Waals surface area contributed by atoms with Crippen LogP contribution in [0.2, 0.25) is 0 Å². The zero-order valence-corrected chi connectivity index (χ0v) is 11.5. The van der Waals surface area contributed by atoms with Gasteiger partial charge in [-0.2, -0.15) is 5.10 Å². The maximum atomic E-state index is 5.55. The van der Waals surface area contributed by atoms with Crippen LogP contribution < -0.4 is 5.43 Å². The topological polar surface area (TPSA) is 46.0 Å². The van der Waals surface area contributed by atoms with Gasteiger partial charge in [-0.25, -0.2) is 0 Å². The molecule has 0 saturated carbocycles. The molecule has 100 valence electrons. The highest BCUT2D eigenvalue weighted by Crippen LogP contribution is 2.15. The summed E-state index contributed by atoms with van der Waals surface area (Å²) in [4.78, 5) is 4.53. The number of hydrogen-bond acceptors (Lipinski definition) is 4. The molecule has 1 fully saturated rings. The van der Waals surface area contributed by atoms with Crippen molar-refractivity contribution in [1.82, 2.24) is 5.43 Å². The van der Waals surface area contributed by atoms with Gasteiger partial charge in [0.05, 0.1) is 18.4 Å². The molecule has 0 bridgehead atoms. The van der Waals surface area contributed by atoms with Crippen molar-refractivity contribution < 1.29 is 4.74 Å². The molecule has 4 nitrogen and oxygen atoms in total. The number of hydrogen-bond donors (Lipinski definition) is 1. The van der Waals surface area contributed by atoms with Crippen molar-refractivity contribution in [2.45, 2.75) is 18.9 Å². The number of benzene rings is 1. The highest BCUT2D eigenvalue weighted by atomic mass is 32.2. The van der Waals surface area contributed by atoms with Crippen LogP contribution in [-0.4, -0.2) is 35.9 Å². The number of hydrazone groups is 1. The van der Waals surface area contributed by atoms with Gasteiger partial charge in [-0.15, -0.1) is 0 Å². The van der Waals surface area contributed by atoms with Crippen LogP contribution >= 0.6 is 11.8 Å². The summed E-state index contributed by atoms with van der Waals surface area (Å²) in [5.41, 5.74) is 5.28. The highest BCUT2D eigenvalue weighted by molar-refractivity contribution is 8.14. The predicted octanol–water partition coefficient (Wildman–Crippen LogP) is 2.26. The molecule has 1 aromatic rings. The minimum atomic E-state index is 0.300. The largest absolute Gasteiger partial charge is 0.376 e. The van der Waals surface area contributed by atoms with E-state index in [9.17, 15) is 0 Å². The third-order valence-electron chi connectivity index (χ3n) is 3.20. The molecule has 1 N–H and O–H groups in total. The fourth-order valence-corrected chi connectivity index (χ4v) is 2.93. The lowest BCUT2D eigenvalue weighted by Gasteiger charge is -2.15. The first-order valence-corrected chi connectivity index (χ1v) is 7.57. The fraction of sp³-hybridized carbons (Fsp3) is 0.429. The summed E-state index contributed by atoms with van der Waals surface area (Å²) < 4.78 is 5.55. The van der Waals surface area contributed by atoms with Crippen molar-refractivity contribution in [3.05, 3.63) is 35.9 Å². The Kier molecular flexibility index (Phi) is 4.15. The van der Waals surface area contributed by atoms with Crippen LogP contribution in [0.4, 0.5) is 0 Å². The summed E-state index contributed by atoms with van der Waals surface area (Å²) in [6, 6.07) is 10.2. The summed E-state index contributed by atoms with van der Waals surface area (Å²) in [6.07, 6.45) is 2.58. The minimum absolute atomic E-state index is 0.300. The van der Waals surface area contributed by atoms with E-state index in [0.717, 1.165) is 42.6 Å². The van der Waals surface area contributed by atoms with E-state index in [1.54, 1.807) is 11.8 Å². The van der Waals surface area contributed by atoms with Gasteiger partial charge in [-0.05, 0) is 18.4 Å². The Balaban J connectivity index is 1.58. The lowest BCUT2D eigenvalue weighted by Crippen LogP contribution is -2.26. The average Bonchev–Trinajstić information content (AvgIpc) is 3.00. The number of thioether (sulfide) groups is 1. The van der Waals surface area contributed by atoms with Crippen LogP contribution in [0.15, 0.2) is 40.4 Å². The lowest BCUT2D eigenvalue weighted by molar-refractivity contribution is 0.118. The van der Waals surface area contributed by atoms with E-state index in [0.29, 0.717) is 6.10 Å². The highest BCUT2D eigenvalue weighted by Gasteiger charge is 2.16. The zero-order chi connectivity index (χ0) is 12.9. The summed E-state index contributed by atoms with van der Waals surface area (Å²) in [5, 5.41) is 5.30. The van der Waals surface area contributed by atoms with Crippen molar-refractivity contribution in [3.8, 4) is 0 Å². The molecule has 0 amide bonds. The number of rotatable bonds is 3. The first kappa shape index (κ1) is 12.7. The Morgan fingerprint density at radius 2 is 2.26 bits per heavy atom. The fourth-order valence-electron chi connectivity index (χ4n) is 2.15. The van der Waals surface area contributed by atoms with Gasteiger partial charge in [0.25, 0.3) is 0 Å². The van der Waals surface area contributed by atoms with Gasteiger partial charge >= 0.3 is 0 Å². The van der Waals surface area contributed by atoms with Crippen LogP contribution in [0.3, 0.4) is 0 Å². The molecule has 1 aromatic carbocycles. The van der Waals surface area contributed by atoms with Crippen LogP contribution in [0.1, 0.15) is 18.4 Å². The molecule has 0 aromatic heterocycles. The normalized spacial score (nSPS) is 25.2. The van der Waals surface area contributed by atoms with Gasteiger partial charge < -0.3 is 4.74 Å². The van der Waals surface area contributed by atoms with Gasteiger partial charge in [0.1, 0.15) is 0 Å². The zero-order valence-electron chi connectivity index (χ0n) is 10.7. The molecule has 1 unspecified atom stereocenters. The number of aliphatic imine (C=N–C) groups is 1. The monoisotopic (exact) mass is 275 g/mol. The molecule has 5 heteroatoms. The molecule has 0 radical (unpaired) electrons. The number of nitrogens with one attached hydrogen (secondary N) is 1. The SMILES string of the molecule is c1ccc(C2=NNC(=NCC3CCCO3)SC2)cc1. The van der Waals surface area contributed by atoms with E-state index in [-0.39, 0.29) is 0 Å². The predicted molar refractivity (Wildman–Crippen MR) is 79.8 cm³/mol. The van der Waals surface area contributed by atoms with Crippen molar-refractivity contribution in [1.29, 1.82) is 0 Å². The molecule has 2 aliphatic heterocycles. The second-order valence-corrected chi connectivity index (χ2v) is 5.57. The van der Waals surface area contributed by atoms with Crippen molar-refractivity contribution in [2.75, 3.05) is 18.9 Å². The first-order valence-electron chi connectivity index (χ1n) is 6.58. The van der Waals surface area contributed by atoms with Gasteiger partial charge in [0, 0.05) is 12.4 Å². The maximum Gasteiger partial charge on any atom is 0.177 e. The van der Waals surface area contributed by atoms with Crippen molar-refractivity contribution >= 4 is 22.6 Å². The second kappa shape index (κ2) is 6.21. The van der Waals surface area contributed by atoms with E-state index in [1.807, 2.05) is 18.2 Å². The van der Waals surface area contributed by atoms with Crippen LogP contribution in [0, 0.1) is 0 Å². The Bertz CT molecular complexity index is 481. The minimum Gasteiger partial charge on any atom is -0.376 e. The van der Waals surface area contributed by atoms with Crippen molar-refractivity contribution in [2.24, 2.45) is 10.1 Å². The number of amidine groups is 1. The van der Waals surface area contributed by atoms with Gasteiger partial charge in [-0.3, -0.25) is 10.4 Å². The smallest absolute Gasteiger partial charge is 0.177 e. The summed E-state index contributed by atoms with van der Waals surface area (Å²) in [6.45, 7) is 1.62. The van der Waals surface area contributed by atoms with E-state index in [2.05, 4.69) is 27.7 Å². The number of nitrogens with zero attached hydrogens (tertiary/aromatic N) is 2. The third-order valence-corrected chi connectivity index (χ3v) is 4.11. The van der Waals surface area contributed by atoms with Crippen LogP contribution in [0.25, 0.3) is 0 Å². The molecule has 2 heterocycles. The standard InChI is InChI=1S/C14H17N3OS/c1-2-5-11(6-3-1)13-10-19-14(17-16-13)15-9-12-7-4-8-18-12/h1-3,5-6,12H,4,7-10H2,(H,15,17). The summed E-state index contributed by atoms with van der Waals surface area (Å²) in [5.74, 6) is 0.862. The molecule has 19 heavy (non-hydrogen) atoms. The van der Waals surface area contributed by atoms with E-state index in [1.165, 1.54) is 5.56 Å². The number of ether oxygens (including phenoxy) is 1. The Morgan fingerprint density at radius 3 is 2.95 bits per heavy atom. The molecular weight excluding hydrogens is 258 g/mol. The van der Waals surface area contributed by atoms with Crippen LogP contribution in [0.5, 0.6) is 0 Å². The molecule has 0 aliphatic carbocycles. The van der Waals surface area contributed by atoms with Crippen LogP contribution in [-0.2, 0) is 4.74 Å². The molecular formula is C14H17N3OS. The molecule has 0 spiro atoms. The van der Waals surface area contributed by atoms with Gasteiger partial charge in [0.15, 0.2) is 5.17 Å². The van der Waals surface area contributed by atoms with E-state index >= 15 is 0 Å². The summed E-state index contributed by atoms with van der Waals surface area (Å²) in [7, 11) is 0. The molecule has 3 rings (SSSR count). The quantitative estimate of drug-likeness (QED) is 0.920. The second-order valence-electron chi connectivity index (χ2n) is 4.61. The van der Waals surface area contributed by atoms with Crippen molar-refractivity contribution in [3.63, 3.8) is 0 Å². The Morgan fingerprint density at radius 1 is 1.37 bits per heavy atom. The maximum absolute atomic E-state index is 5.55. The Labute approximate surface area is 117 Å². The van der Waals surface area contributed by atoms with Gasteiger partial charge in [0.2, 0.25) is 0 Å². The Hall–Kier alpha value is -1.33. The van der Waals surface area contributed by atoms with E-state index < -0.39 is 0 Å². The third kappa shape index (κ3) is 3.36. The molecule has 1 atom stereocenters. The molecule has 1 saturated heterocycles. The molecule has 2 aliphatic rings. The summed E-state index contributed by atoms with van der Waals surface area (Å²) >= 11 is 1.70. The lowest BCUT2D eigenvalue weighted by atomic mass is 10.1. The van der Waals surface area contributed by atoms with Gasteiger partial charge in [-0.1, -0.05) is 42.1 Å². The average molecular weight is 275 g/mol. The van der Waals surface area contributed by atoms with E-state index in [4.69, 9.17) is 4.74 Å². The first-order chi connectivity index (χ1) is 9.42.